The molecule has 2 amide bonds. The highest BCUT2D eigenvalue weighted by atomic mass is 32.2. The maximum Gasteiger partial charge on any atom is 0.319 e. The summed E-state index contributed by atoms with van der Waals surface area (Å²) in [6, 6.07) is 3.59. The van der Waals surface area contributed by atoms with E-state index in [4.69, 9.17) is 0 Å². The van der Waals surface area contributed by atoms with Gasteiger partial charge in [0.25, 0.3) is 5.56 Å². The lowest BCUT2D eigenvalue weighted by Crippen LogP contribution is -2.44. The number of hydrogen-bond donors (Lipinski definition) is 2. The van der Waals surface area contributed by atoms with E-state index in [-0.39, 0.29) is 11.4 Å². The summed E-state index contributed by atoms with van der Waals surface area (Å²) >= 11 is 1.73. The van der Waals surface area contributed by atoms with E-state index >= 15 is 0 Å². The number of amides is 2. The lowest BCUT2D eigenvalue weighted by molar-refractivity contribution is 0.162. The number of thioether (sulfide) groups is 1. The summed E-state index contributed by atoms with van der Waals surface area (Å²) in [6.45, 7) is 1.47. The predicted molar refractivity (Wildman–Crippen MR) is 123 cm³/mol. The van der Waals surface area contributed by atoms with Crippen molar-refractivity contribution in [1.82, 2.24) is 19.8 Å². The molecule has 9 heteroatoms. The summed E-state index contributed by atoms with van der Waals surface area (Å²) in [6.07, 6.45) is 6.37. The molecule has 1 saturated heterocycles. The molecule has 2 heterocycles. The van der Waals surface area contributed by atoms with Crippen molar-refractivity contribution < 1.29 is 9.18 Å². The van der Waals surface area contributed by atoms with Gasteiger partial charge in [-0.25, -0.2) is 14.2 Å². The third-order valence-electron chi connectivity index (χ3n) is 6.09. The topological polar surface area (TPSA) is 81.3 Å². The van der Waals surface area contributed by atoms with Gasteiger partial charge in [0.05, 0.1) is 11.3 Å². The Balaban J connectivity index is 1.42. The number of aromatic amines is 1. The first kappa shape index (κ1) is 21.9. The number of rotatable bonds is 5. The number of fused-ring (bicyclic) bond motifs is 1. The van der Waals surface area contributed by atoms with Crippen molar-refractivity contribution in [2.24, 2.45) is 0 Å². The van der Waals surface area contributed by atoms with Gasteiger partial charge < -0.3 is 20.1 Å². The van der Waals surface area contributed by atoms with Gasteiger partial charge in [-0.1, -0.05) is 12.8 Å². The molecule has 31 heavy (non-hydrogen) atoms. The number of benzene rings is 1. The van der Waals surface area contributed by atoms with Crippen LogP contribution in [0.25, 0.3) is 10.9 Å². The Bertz CT molecular complexity index is 997. The number of likely N-dealkylation sites (tertiary alicyclic amines) is 1. The van der Waals surface area contributed by atoms with Crippen LogP contribution in [0, 0.1) is 5.82 Å². The molecule has 1 saturated carbocycles. The van der Waals surface area contributed by atoms with Crippen LogP contribution in [0.4, 0.5) is 14.9 Å². The number of H-pyrrole nitrogens is 1. The van der Waals surface area contributed by atoms with Gasteiger partial charge in [0.15, 0.2) is 0 Å². The molecule has 7 nitrogen and oxygen atoms in total. The second kappa shape index (κ2) is 9.46. The van der Waals surface area contributed by atoms with Gasteiger partial charge >= 0.3 is 6.03 Å². The van der Waals surface area contributed by atoms with E-state index in [9.17, 15) is 14.0 Å². The largest absolute Gasteiger partial charge is 0.382 e. The average Bonchev–Trinajstić information content (AvgIpc) is 3.24. The number of nitrogens with one attached hydrogen (secondary N) is 2. The van der Waals surface area contributed by atoms with Gasteiger partial charge in [0.2, 0.25) is 0 Å². The fourth-order valence-corrected chi connectivity index (χ4v) is 5.50. The zero-order valence-corrected chi connectivity index (χ0v) is 18.9. The SMILES string of the molecule is CN(C)C(=O)N1CCC(SCc2nc3cc(NC4CCCC4)cc(F)c3c(=O)[nH]2)CC1. The molecule has 1 aliphatic carbocycles. The Labute approximate surface area is 185 Å². The molecular weight excluding hydrogens is 417 g/mol. The first-order valence-electron chi connectivity index (χ1n) is 11.0. The molecule has 0 bridgehead atoms. The fourth-order valence-electron chi connectivity index (χ4n) is 4.42. The van der Waals surface area contributed by atoms with Crippen molar-refractivity contribution in [2.75, 3.05) is 32.5 Å². The predicted octanol–water partition coefficient (Wildman–Crippen LogP) is 3.80. The molecule has 0 unspecified atom stereocenters. The number of urea groups is 1. The van der Waals surface area contributed by atoms with Crippen molar-refractivity contribution in [3.8, 4) is 0 Å². The third kappa shape index (κ3) is 5.14. The number of halogens is 1. The highest BCUT2D eigenvalue weighted by Crippen LogP contribution is 2.28. The van der Waals surface area contributed by atoms with Gasteiger partial charge in [-0.15, -0.1) is 0 Å². The maximum atomic E-state index is 14.6. The maximum absolute atomic E-state index is 14.6. The second-order valence-corrected chi connectivity index (χ2v) is 9.95. The summed E-state index contributed by atoms with van der Waals surface area (Å²) in [7, 11) is 3.53. The zero-order chi connectivity index (χ0) is 22.0. The summed E-state index contributed by atoms with van der Waals surface area (Å²) < 4.78 is 14.6. The van der Waals surface area contributed by atoms with Gasteiger partial charge in [-0.05, 0) is 37.8 Å². The van der Waals surface area contributed by atoms with Crippen LogP contribution in [0.1, 0.15) is 44.3 Å². The van der Waals surface area contributed by atoms with Crippen LogP contribution in [-0.2, 0) is 5.75 Å². The number of carbonyl (C=O) groups is 1. The summed E-state index contributed by atoms with van der Waals surface area (Å²) in [5.74, 6) is 0.579. The molecule has 1 aromatic carbocycles. The van der Waals surface area contributed by atoms with Gasteiger partial charge in [-0.3, -0.25) is 4.79 Å². The molecule has 168 valence electrons. The summed E-state index contributed by atoms with van der Waals surface area (Å²) in [4.78, 5) is 35.3. The van der Waals surface area contributed by atoms with Crippen molar-refractivity contribution >= 4 is 34.4 Å². The molecule has 2 aromatic rings. The Morgan fingerprint density at radius 2 is 1.97 bits per heavy atom. The Morgan fingerprint density at radius 3 is 2.65 bits per heavy atom. The highest BCUT2D eigenvalue weighted by molar-refractivity contribution is 7.99. The Hall–Kier alpha value is -2.29. The minimum Gasteiger partial charge on any atom is -0.382 e. The van der Waals surface area contributed by atoms with Gasteiger partial charge in [0.1, 0.15) is 17.0 Å². The summed E-state index contributed by atoms with van der Waals surface area (Å²) in [5, 5.41) is 3.80. The van der Waals surface area contributed by atoms with Crippen LogP contribution in [-0.4, -0.2) is 64.3 Å². The van der Waals surface area contributed by atoms with Crippen LogP contribution >= 0.6 is 11.8 Å². The van der Waals surface area contributed by atoms with E-state index in [1.54, 1.807) is 36.8 Å². The van der Waals surface area contributed by atoms with E-state index in [0.717, 1.165) is 38.8 Å². The van der Waals surface area contributed by atoms with E-state index in [0.29, 0.717) is 34.1 Å². The van der Waals surface area contributed by atoms with E-state index < -0.39 is 11.4 Å². The molecule has 0 spiro atoms. The molecule has 2 aliphatic rings. The van der Waals surface area contributed by atoms with Crippen LogP contribution < -0.4 is 10.9 Å². The van der Waals surface area contributed by atoms with Crippen molar-refractivity contribution in [3.05, 3.63) is 34.1 Å². The van der Waals surface area contributed by atoms with E-state index in [1.807, 2.05) is 4.90 Å². The van der Waals surface area contributed by atoms with Crippen LogP contribution in [0.15, 0.2) is 16.9 Å². The molecule has 0 atom stereocenters. The van der Waals surface area contributed by atoms with E-state index in [1.165, 1.54) is 18.9 Å². The lowest BCUT2D eigenvalue weighted by Gasteiger charge is -2.33. The first-order valence-corrected chi connectivity index (χ1v) is 12.0. The molecule has 2 N–H and O–H groups in total. The van der Waals surface area contributed by atoms with Gasteiger partial charge in [-0.2, -0.15) is 11.8 Å². The molecule has 1 aromatic heterocycles. The molecular formula is C22H30FN5O2S. The van der Waals surface area contributed by atoms with Crippen LogP contribution in [0.5, 0.6) is 0 Å². The average molecular weight is 448 g/mol. The standard InChI is InChI=1S/C22H30FN5O2S/c1-27(2)22(30)28-9-7-16(8-10-28)31-13-19-25-18-12-15(24-14-5-3-4-6-14)11-17(23)20(18)21(29)26-19/h11-12,14,16,24H,3-10,13H2,1-2H3,(H,25,26,29). The monoisotopic (exact) mass is 447 g/mol. The minimum atomic E-state index is -0.538. The number of carbonyl (C=O) groups excluding carboxylic acids is 1. The highest BCUT2D eigenvalue weighted by Gasteiger charge is 2.24. The smallest absolute Gasteiger partial charge is 0.319 e. The number of hydrogen-bond acceptors (Lipinski definition) is 5. The molecule has 1 aliphatic heterocycles. The normalized spacial score (nSPS) is 18.0. The van der Waals surface area contributed by atoms with Crippen molar-refractivity contribution in [1.29, 1.82) is 0 Å². The number of anilines is 1. The lowest BCUT2D eigenvalue weighted by atomic mass is 10.1. The Kier molecular flexibility index (Phi) is 6.69. The van der Waals surface area contributed by atoms with Crippen LogP contribution in [0.3, 0.4) is 0 Å². The molecule has 0 radical (unpaired) electrons. The third-order valence-corrected chi connectivity index (χ3v) is 7.47. The number of aromatic nitrogens is 2. The fraction of sp³-hybridized carbons (Fsp3) is 0.591. The molecule has 2 fully saturated rings. The first-order chi connectivity index (χ1) is 14.9. The molecule has 4 rings (SSSR count). The second-order valence-electron chi connectivity index (χ2n) is 8.66. The Morgan fingerprint density at radius 1 is 1.26 bits per heavy atom. The van der Waals surface area contributed by atoms with Crippen molar-refractivity contribution in [2.45, 2.75) is 55.6 Å². The number of piperidine rings is 1. The van der Waals surface area contributed by atoms with Gasteiger partial charge in [0, 0.05) is 44.2 Å². The van der Waals surface area contributed by atoms with Crippen LogP contribution in [0.2, 0.25) is 0 Å². The zero-order valence-electron chi connectivity index (χ0n) is 18.1. The number of nitrogens with zero attached hydrogens (tertiary/aromatic N) is 3. The quantitative estimate of drug-likeness (QED) is 0.729. The van der Waals surface area contributed by atoms with Crippen molar-refractivity contribution in [3.63, 3.8) is 0 Å². The minimum absolute atomic E-state index is 0.0150. The summed E-state index contributed by atoms with van der Waals surface area (Å²) in [5.41, 5.74) is 0.648. The van der Waals surface area contributed by atoms with E-state index in [2.05, 4.69) is 15.3 Å².